The summed E-state index contributed by atoms with van der Waals surface area (Å²) >= 11 is 0. The molecular formula is C21H25N3O2. The molecule has 0 saturated carbocycles. The van der Waals surface area contributed by atoms with Crippen molar-refractivity contribution in [3.63, 3.8) is 0 Å². The first-order chi connectivity index (χ1) is 12.6. The Morgan fingerprint density at radius 3 is 2.27 bits per heavy atom. The van der Waals surface area contributed by atoms with Crippen molar-refractivity contribution in [2.24, 2.45) is 0 Å². The van der Waals surface area contributed by atoms with Crippen LogP contribution in [0.1, 0.15) is 30.4 Å². The molecule has 1 fully saturated rings. The monoisotopic (exact) mass is 351 g/mol. The van der Waals surface area contributed by atoms with Crippen molar-refractivity contribution in [3.05, 3.63) is 53.6 Å². The summed E-state index contributed by atoms with van der Waals surface area (Å²) in [5, 5.41) is 7.10. The molecule has 0 atom stereocenters. The van der Waals surface area contributed by atoms with Gasteiger partial charge in [-0.25, -0.2) is 0 Å². The minimum Gasteiger partial charge on any atom is -0.493 e. The summed E-state index contributed by atoms with van der Waals surface area (Å²) in [6.07, 6.45) is 2.17. The predicted molar refractivity (Wildman–Crippen MR) is 103 cm³/mol. The second kappa shape index (κ2) is 6.56. The first-order valence-electron chi connectivity index (χ1n) is 9.24. The van der Waals surface area contributed by atoms with Gasteiger partial charge >= 0.3 is 0 Å². The highest BCUT2D eigenvalue weighted by molar-refractivity contribution is 5.83. The summed E-state index contributed by atoms with van der Waals surface area (Å²) in [5.74, 6) is 0.504. The fourth-order valence-corrected chi connectivity index (χ4v) is 3.95. The average Bonchev–Trinajstić information content (AvgIpc) is 3.21. The molecule has 0 radical (unpaired) electrons. The molecule has 0 bridgehead atoms. The van der Waals surface area contributed by atoms with E-state index in [9.17, 15) is 4.79 Å². The van der Waals surface area contributed by atoms with Crippen LogP contribution >= 0.6 is 0 Å². The van der Waals surface area contributed by atoms with E-state index in [1.807, 2.05) is 35.2 Å². The third-order valence-electron chi connectivity index (χ3n) is 5.26. The minimum atomic E-state index is -0.617. The van der Waals surface area contributed by atoms with Crippen molar-refractivity contribution in [1.82, 2.24) is 4.90 Å². The van der Waals surface area contributed by atoms with Crippen LogP contribution in [0.5, 0.6) is 5.75 Å². The minimum absolute atomic E-state index is 0.185. The van der Waals surface area contributed by atoms with Gasteiger partial charge in [-0.15, -0.1) is 0 Å². The maximum Gasteiger partial charge on any atom is 0.225 e. The smallest absolute Gasteiger partial charge is 0.225 e. The van der Waals surface area contributed by atoms with E-state index in [4.69, 9.17) is 4.74 Å². The summed E-state index contributed by atoms with van der Waals surface area (Å²) in [6.45, 7) is 5.40. The van der Waals surface area contributed by atoms with Gasteiger partial charge in [0.05, 0.1) is 18.0 Å². The number of hydrogen-bond acceptors (Lipinski definition) is 4. The van der Waals surface area contributed by atoms with Gasteiger partial charge in [0.2, 0.25) is 5.91 Å². The average molecular weight is 351 g/mol. The summed E-state index contributed by atoms with van der Waals surface area (Å²) in [5.41, 5.74) is 4.32. The number of fused-ring (bicyclic) bond motifs is 1. The molecule has 136 valence electrons. The van der Waals surface area contributed by atoms with E-state index < -0.39 is 5.79 Å². The molecule has 0 aromatic heterocycles. The van der Waals surface area contributed by atoms with Crippen LogP contribution in [0.25, 0.3) is 0 Å². The zero-order chi connectivity index (χ0) is 18.1. The van der Waals surface area contributed by atoms with Gasteiger partial charge in [0.1, 0.15) is 5.75 Å². The molecule has 0 spiro atoms. The van der Waals surface area contributed by atoms with Crippen LogP contribution in [-0.2, 0) is 4.79 Å². The zero-order valence-electron chi connectivity index (χ0n) is 15.3. The molecule has 5 heteroatoms. The first kappa shape index (κ1) is 16.8. The van der Waals surface area contributed by atoms with Gasteiger partial charge in [0.25, 0.3) is 0 Å². The predicted octanol–water partition coefficient (Wildman–Crippen LogP) is 3.89. The molecule has 1 amide bonds. The van der Waals surface area contributed by atoms with Crippen LogP contribution in [-0.4, -0.2) is 29.7 Å². The fourth-order valence-electron chi connectivity index (χ4n) is 3.95. The molecule has 0 unspecified atom stereocenters. The quantitative estimate of drug-likeness (QED) is 0.858. The van der Waals surface area contributed by atoms with E-state index in [1.54, 1.807) is 0 Å². The molecule has 0 aliphatic carbocycles. The van der Waals surface area contributed by atoms with Crippen molar-refractivity contribution in [3.8, 4) is 5.75 Å². The van der Waals surface area contributed by atoms with Crippen molar-refractivity contribution < 1.29 is 9.53 Å². The Bertz CT molecular complexity index is 789. The summed E-state index contributed by atoms with van der Waals surface area (Å²) < 4.78 is 6.13. The van der Waals surface area contributed by atoms with Crippen LogP contribution in [0.15, 0.2) is 42.5 Å². The number of amides is 1. The Kier molecular flexibility index (Phi) is 4.23. The molecule has 2 N–H and O–H groups in total. The van der Waals surface area contributed by atoms with E-state index in [0.717, 1.165) is 41.2 Å². The van der Waals surface area contributed by atoms with Gasteiger partial charge in [0.15, 0.2) is 5.79 Å². The number of hydrogen-bond donors (Lipinski definition) is 2. The van der Waals surface area contributed by atoms with Crippen LogP contribution in [0.3, 0.4) is 0 Å². The number of ether oxygens (including phenoxy) is 1. The maximum atomic E-state index is 12.5. The number of benzene rings is 2. The summed E-state index contributed by atoms with van der Waals surface area (Å²) in [6, 6.07) is 14.2. The lowest BCUT2D eigenvalue weighted by atomic mass is 10.1. The number of rotatable bonds is 5. The molecule has 2 aliphatic rings. The molecule has 2 aromatic rings. The van der Waals surface area contributed by atoms with Gasteiger partial charge < -0.3 is 20.3 Å². The SMILES string of the molecule is Cc1cccc(C)c1OCCC1(N2CCCC2=O)Nc2ccccc2N1. The van der Waals surface area contributed by atoms with E-state index in [1.165, 1.54) is 0 Å². The number of carbonyl (C=O) groups excluding carboxylic acids is 1. The number of nitrogens with zero attached hydrogens (tertiary/aromatic N) is 1. The Hall–Kier alpha value is -2.69. The van der Waals surface area contributed by atoms with Crippen LogP contribution < -0.4 is 15.4 Å². The number of aryl methyl sites for hydroxylation is 2. The number of nitrogens with one attached hydrogen (secondary N) is 2. The van der Waals surface area contributed by atoms with Gasteiger partial charge in [0, 0.05) is 19.4 Å². The van der Waals surface area contributed by atoms with Crippen LogP contribution in [0.4, 0.5) is 11.4 Å². The first-order valence-corrected chi connectivity index (χ1v) is 9.24. The summed E-state index contributed by atoms with van der Waals surface area (Å²) in [7, 11) is 0. The molecule has 4 rings (SSSR count). The zero-order valence-corrected chi connectivity index (χ0v) is 15.3. The molecule has 26 heavy (non-hydrogen) atoms. The van der Waals surface area contributed by atoms with Gasteiger partial charge in [-0.2, -0.15) is 0 Å². The molecule has 2 aromatic carbocycles. The highest BCUT2D eigenvalue weighted by atomic mass is 16.5. The van der Waals surface area contributed by atoms with Crippen molar-refractivity contribution in [2.75, 3.05) is 23.8 Å². The van der Waals surface area contributed by atoms with Crippen molar-refractivity contribution in [1.29, 1.82) is 0 Å². The van der Waals surface area contributed by atoms with E-state index >= 15 is 0 Å². The van der Waals surface area contributed by atoms with Gasteiger partial charge in [-0.05, 0) is 43.5 Å². The molecule has 2 aliphatic heterocycles. The van der Waals surface area contributed by atoms with Gasteiger partial charge in [-0.3, -0.25) is 4.79 Å². The highest BCUT2D eigenvalue weighted by Crippen LogP contribution is 2.39. The Labute approximate surface area is 154 Å². The standard InChI is InChI=1S/C21H25N3O2/c1-15-7-5-8-16(2)20(15)26-14-12-21(24-13-6-11-19(24)25)22-17-9-3-4-10-18(17)23-21/h3-5,7-10,22-23H,6,11-14H2,1-2H3. The topological polar surface area (TPSA) is 53.6 Å². The highest BCUT2D eigenvalue weighted by Gasteiger charge is 2.45. The Balaban J connectivity index is 1.54. The molecule has 2 heterocycles. The number of likely N-dealkylation sites (tertiary alicyclic amines) is 1. The van der Waals surface area contributed by atoms with Gasteiger partial charge in [-0.1, -0.05) is 30.3 Å². The van der Waals surface area contributed by atoms with E-state index in [0.29, 0.717) is 19.4 Å². The Morgan fingerprint density at radius 2 is 1.69 bits per heavy atom. The molecule has 1 saturated heterocycles. The van der Waals surface area contributed by atoms with Crippen LogP contribution in [0.2, 0.25) is 0 Å². The van der Waals surface area contributed by atoms with Crippen LogP contribution in [0, 0.1) is 13.8 Å². The lowest BCUT2D eigenvalue weighted by Gasteiger charge is -2.39. The fraction of sp³-hybridized carbons (Fsp3) is 0.381. The second-order valence-electron chi connectivity index (χ2n) is 7.12. The Morgan fingerprint density at radius 1 is 1.04 bits per heavy atom. The molecular weight excluding hydrogens is 326 g/mol. The second-order valence-corrected chi connectivity index (χ2v) is 7.12. The lowest BCUT2D eigenvalue weighted by molar-refractivity contribution is -0.131. The van der Waals surface area contributed by atoms with E-state index in [-0.39, 0.29) is 5.91 Å². The molecule has 5 nitrogen and oxygen atoms in total. The largest absolute Gasteiger partial charge is 0.493 e. The number of anilines is 2. The number of carbonyl (C=O) groups is 1. The lowest BCUT2D eigenvalue weighted by Crippen LogP contribution is -2.58. The normalized spacial score (nSPS) is 17.6. The third-order valence-corrected chi connectivity index (χ3v) is 5.26. The van der Waals surface area contributed by atoms with Crippen molar-refractivity contribution in [2.45, 2.75) is 38.9 Å². The van der Waals surface area contributed by atoms with Crippen molar-refractivity contribution >= 4 is 17.3 Å². The third kappa shape index (κ3) is 2.87. The number of para-hydroxylation sites is 3. The summed E-state index contributed by atoms with van der Waals surface area (Å²) in [4.78, 5) is 14.4. The maximum absolute atomic E-state index is 12.5. The van der Waals surface area contributed by atoms with E-state index in [2.05, 4.69) is 36.6 Å².